The molecule has 2 fully saturated rings. The zero-order chi connectivity index (χ0) is 19.2. The fraction of sp³-hybridized carbons (Fsp3) is 0.571. The van der Waals surface area contributed by atoms with Crippen LogP contribution in [-0.4, -0.2) is 55.5 Å². The van der Waals surface area contributed by atoms with Crippen LogP contribution in [-0.2, 0) is 4.79 Å². The third kappa shape index (κ3) is 3.85. The number of piperidine rings is 1. The highest BCUT2D eigenvalue weighted by Crippen LogP contribution is 2.34. The highest BCUT2D eigenvalue weighted by molar-refractivity contribution is 6.83. The van der Waals surface area contributed by atoms with Crippen LogP contribution in [0.1, 0.15) is 32.1 Å². The van der Waals surface area contributed by atoms with E-state index in [4.69, 9.17) is 0 Å². The maximum atomic E-state index is 12.9. The molecule has 4 rings (SSSR count). The number of carbonyl (C=O) groups is 1. The molecule has 6 heteroatoms. The van der Waals surface area contributed by atoms with Gasteiger partial charge in [-0.15, -0.1) is 10.6 Å². The van der Waals surface area contributed by atoms with E-state index in [0.29, 0.717) is 24.2 Å². The summed E-state index contributed by atoms with van der Waals surface area (Å²) in [5.41, 5.74) is 6.56. The molecule has 2 bridgehead atoms. The second-order valence-electron chi connectivity index (χ2n) is 9.11. The van der Waals surface area contributed by atoms with E-state index < -0.39 is 8.07 Å². The van der Waals surface area contributed by atoms with Crippen molar-refractivity contribution >= 4 is 25.4 Å². The van der Waals surface area contributed by atoms with Crippen LogP contribution in [0, 0.1) is 11.5 Å². The number of allylic oxidation sites excluding steroid dienone is 3. The predicted octanol–water partition coefficient (Wildman–Crippen LogP) is 2.68. The molecule has 0 saturated carbocycles. The Morgan fingerprint density at radius 1 is 1.22 bits per heavy atom. The lowest BCUT2D eigenvalue weighted by molar-refractivity contribution is -0.115. The Labute approximate surface area is 162 Å². The highest BCUT2D eigenvalue weighted by Gasteiger charge is 2.39. The normalized spacial score (nSPS) is 29.7. The number of rotatable bonds is 2. The standard InChI is InChI=1S/C21H28N4OSi/c1-25-16-6-7-17(25)13-15(12-16)22-21(26)20-18-11-14(9-10-27(2,3)4)5-8-19(18)23-24-20/h5,11,15-17H,6-8,12-13H2,1-4H3,(H,22,26). The van der Waals surface area contributed by atoms with E-state index >= 15 is 0 Å². The molecule has 4 aliphatic rings. The number of nitrogens with one attached hydrogen (secondary N) is 1. The molecule has 2 unspecified atom stereocenters. The van der Waals surface area contributed by atoms with Gasteiger partial charge < -0.3 is 10.2 Å². The molecule has 5 nitrogen and oxygen atoms in total. The second kappa shape index (κ2) is 6.88. The molecule has 0 aromatic heterocycles. The van der Waals surface area contributed by atoms with Crippen LogP contribution in [0.5, 0.6) is 0 Å². The van der Waals surface area contributed by atoms with Crippen LogP contribution in [0.25, 0.3) is 0 Å². The summed E-state index contributed by atoms with van der Waals surface area (Å²) >= 11 is 0. The third-order valence-electron chi connectivity index (χ3n) is 5.88. The Kier molecular flexibility index (Phi) is 4.69. The summed E-state index contributed by atoms with van der Waals surface area (Å²) in [7, 11) is 0.781. The smallest absolute Gasteiger partial charge is 0.272 e. The fourth-order valence-corrected chi connectivity index (χ4v) is 4.90. The Balaban J connectivity index is 1.45. The summed E-state index contributed by atoms with van der Waals surface area (Å²) in [4.78, 5) is 15.4. The van der Waals surface area contributed by atoms with E-state index in [0.717, 1.165) is 29.7 Å². The number of nitrogens with zero attached hydrogens (tertiary/aromatic N) is 3. The summed E-state index contributed by atoms with van der Waals surface area (Å²) in [6.45, 7) is 6.69. The number of hydrogen-bond donors (Lipinski definition) is 1. The summed E-state index contributed by atoms with van der Waals surface area (Å²) in [6.07, 6.45) is 9.32. The molecule has 2 saturated heterocycles. The molecule has 27 heavy (non-hydrogen) atoms. The highest BCUT2D eigenvalue weighted by atomic mass is 28.3. The lowest BCUT2D eigenvalue weighted by Crippen LogP contribution is -2.50. The van der Waals surface area contributed by atoms with Crippen LogP contribution in [0.15, 0.2) is 33.5 Å². The summed E-state index contributed by atoms with van der Waals surface area (Å²) in [5, 5.41) is 11.7. The predicted molar refractivity (Wildman–Crippen MR) is 113 cm³/mol. The van der Waals surface area contributed by atoms with Crippen molar-refractivity contribution in [2.45, 2.75) is 69.9 Å². The van der Waals surface area contributed by atoms with Crippen molar-refractivity contribution in [3.63, 3.8) is 0 Å². The van der Waals surface area contributed by atoms with Gasteiger partial charge in [0.25, 0.3) is 5.91 Å². The van der Waals surface area contributed by atoms with Crippen molar-refractivity contribution in [2.24, 2.45) is 10.2 Å². The molecule has 0 aromatic carbocycles. The van der Waals surface area contributed by atoms with E-state index in [-0.39, 0.29) is 11.9 Å². The lowest BCUT2D eigenvalue weighted by Gasteiger charge is -2.36. The van der Waals surface area contributed by atoms with E-state index in [1.807, 2.05) is 6.08 Å². The molecule has 2 atom stereocenters. The summed E-state index contributed by atoms with van der Waals surface area (Å²) in [5.74, 6) is 3.20. The van der Waals surface area contributed by atoms with E-state index in [1.54, 1.807) is 0 Å². The van der Waals surface area contributed by atoms with Gasteiger partial charge in [0.15, 0.2) is 5.71 Å². The van der Waals surface area contributed by atoms with Crippen molar-refractivity contribution in [1.82, 2.24) is 10.2 Å². The summed E-state index contributed by atoms with van der Waals surface area (Å²) in [6, 6.07) is 1.45. The molecule has 0 spiro atoms. The Bertz CT molecular complexity index is 836. The van der Waals surface area contributed by atoms with Crippen molar-refractivity contribution < 1.29 is 4.79 Å². The van der Waals surface area contributed by atoms with Gasteiger partial charge in [0.05, 0.1) is 5.71 Å². The monoisotopic (exact) mass is 380 g/mol. The van der Waals surface area contributed by atoms with Gasteiger partial charge in [-0.1, -0.05) is 31.6 Å². The molecule has 1 amide bonds. The largest absolute Gasteiger partial charge is 0.348 e. The van der Waals surface area contributed by atoms with Crippen molar-refractivity contribution in [1.29, 1.82) is 0 Å². The van der Waals surface area contributed by atoms with E-state index in [2.05, 4.69) is 64.6 Å². The van der Waals surface area contributed by atoms with Crippen LogP contribution in [0.4, 0.5) is 0 Å². The first-order valence-corrected chi connectivity index (χ1v) is 13.4. The fourth-order valence-electron chi connectivity index (χ4n) is 4.38. The number of fused-ring (bicyclic) bond motifs is 3. The lowest BCUT2D eigenvalue weighted by atomic mass is 9.93. The Hall–Kier alpha value is -1.97. The Morgan fingerprint density at radius 2 is 1.93 bits per heavy atom. The van der Waals surface area contributed by atoms with Crippen LogP contribution >= 0.6 is 0 Å². The Morgan fingerprint density at radius 3 is 2.59 bits per heavy atom. The molecule has 3 heterocycles. The van der Waals surface area contributed by atoms with Gasteiger partial charge in [0, 0.05) is 35.7 Å². The van der Waals surface area contributed by atoms with E-state index in [1.165, 1.54) is 12.8 Å². The minimum absolute atomic E-state index is 0.0895. The molecule has 3 aliphatic heterocycles. The van der Waals surface area contributed by atoms with Crippen molar-refractivity contribution in [3.05, 3.63) is 23.3 Å². The second-order valence-corrected chi connectivity index (χ2v) is 13.9. The minimum Gasteiger partial charge on any atom is -0.348 e. The van der Waals surface area contributed by atoms with Gasteiger partial charge in [-0.2, -0.15) is 5.10 Å². The van der Waals surface area contributed by atoms with Gasteiger partial charge in [-0.25, -0.2) is 0 Å². The first kappa shape index (κ1) is 18.4. The number of hydrogen-bond acceptors (Lipinski definition) is 4. The van der Waals surface area contributed by atoms with Gasteiger partial charge in [0.2, 0.25) is 0 Å². The molecule has 1 aliphatic carbocycles. The van der Waals surface area contributed by atoms with Crippen LogP contribution in [0.2, 0.25) is 19.6 Å². The average Bonchev–Trinajstić information content (AvgIpc) is 3.09. The minimum atomic E-state index is -1.43. The van der Waals surface area contributed by atoms with Gasteiger partial charge >= 0.3 is 0 Å². The molecule has 0 aromatic rings. The number of carbonyl (C=O) groups excluding carboxylic acids is 1. The van der Waals surface area contributed by atoms with Gasteiger partial charge in [-0.3, -0.25) is 4.79 Å². The average molecular weight is 381 g/mol. The maximum Gasteiger partial charge on any atom is 0.272 e. The first-order valence-electron chi connectivity index (χ1n) is 9.93. The molecular weight excluding hydrogens is 352 g/mol. The van der Waals surface area contributed by atoms with Crippen molar-refractivity contribution in [2.75, 3.05) is 7.05 Å². The third-order valence-corrected chi connectivity index (χ3v) is 6.76. The zero-order valence-corrected chi connectivity index (χ0v) is 17.7. The quantitative estimate of drug-likeness (QED) is 0.591. The van der Waals surface area contributed by atoms with Crippen LogP contribution in [0.3, 0.4) is 0 Å². The molecule has 0 radical (unpaired) electrons. The maximum absolute atomic E-state index is 12.9. The summed E-state index contributed by atoms with van der Waals surface area (Å²) < 4.78 is 0. The van der Waals surface area contributed by atoms with Crippen molar-refractivity contribution in [3.8, 4) is 11.5 Å². The first-order chi connectivity index (χ1) is 12.8. The molecular formula is C21H28N4OSi. The molecule has 1 N–H and O–H groups in total. The van der Waals surface area contributed by atoms with Crippen LogP contribution < -0.4 is 5.32 Å². The van der Waals surface area contributed by atoms with Gasteiger partial charge in [-0.05, 0) is 38.8 Å². The van der Waals surface area contributed by atoms with Gasteiger partial charge in [0.1, 0.15) is 8.07 Å². The zero-order valence-electron chi connectivity index (χ0n) is 16.7. The van der Waals surface area contributed by atoms with E-state index in [9.17, 15) is 4.79 Å². The number of amides is 1. The topological polar surface area (TPSA) is 57.1 Å². The SMILES string of the molecule is CN1C2CCC1CC(NC(=O)C1=NN=C3CC=C(C#C[Si](C)(C)C)C=C31)C2. The molecule has 142 valence electrons.